The molecule has 0 bridgehead atoms. The third-order valence-electron chi connectivity index (χ3n) is 3.43. The van der Waals surface area contributed by atoms with Crippen LogP contribution in [0.15, 0.2) is 42.7 Å². The van der Waals surface area contributed by atoms with Crippen molar-refractivity contribution in [2.75, 3.05) is 25.4 Å². The molecule has 3 rings (SSSR count). The number of anilines is 1. The number of pyridine rings is 2. The number of rotatable bonds is 3. The van der Waals surface area contributed by atoms with Gasteiger partial charge < -0.3 is 10.5 Å². The topological polar surface area (TPSA) is 64.3 Å². The minimum absolute atomic E-state index is 0.00547. The zero-order valence-corrected chi connectivity index (χ0v) is 11.3. The first-order valence-electron chi connectivity index (χ1n) is 6.76. The third kappa shape index (κ3) is 3.12. The van der Waals surface area contributed by atoms with Crippen LogP contribution < -0.4 is 5.73 Å². The Morgan fingerprint density at radius 1 is 1.25 bits per heavy atom. The normalized spacial score (nSPS) is 19.9. The molecule has 1 fully saturated rings. The number of nitrogens with zero attached hydrogens (tertiary/aromatic N) is 3. The molecule has 1 aliphatic heterocycles. The number of aromatic nitrogens is 2. The van der Waals surface area contributed by atoms with Gasteiger partial charge in [-0.05, 0) is 29.8 Å². The van der Waals surface area contributed by atoms with Gasteiger partial charge in [-0.15, -0.1) is 0 Å². The predicted molar refractivity (Wildman–Crippen MR) is 76.9 cm³/mol. The van der Waals surface area contributed by atoms with Crippen LogP contribution in [0.1, 0.15) is 17.4 Å². The van der Waals surface area contributed by atoms with Crippen molar-refractivity contribution < 1.29 is 4.74 Å². The zero-order chi connectivity index (χ0) is 13.8. The van der Waals surface area contributed by atoms with Gasteiger partial charge in [-0.1, -0.05) is 6.07 Å². The molecule has 0 amide bonds. The summed E-state index contributed by atoms with van der Waals surface area (Å²) < 4.78 is 5.81. The standard InChI is InChI=1S/C15H18N4O/c16-15-3-1-2-13(18-15)14-11-19(8-9-20-14)10-12-4-6-17-7-5-12/h1-7,14H,8-11H2,(H2,16,18)/t14-/m0/s1. The van der Waals surface area contributed by atoms with Crippen molar-refractivity contribution in [3.8, 4) is 0 Å². The maximum atomic E-state index is 5.81. The highest BCUT2D eigenvalue weighted by atomic mass is 16.5. The molecule has 2 aromatic heterocycles. The Hall–Kier alpha value is -1.98. The lowest BCUT2D eigenvalue weighted by atomic mass is 10.1. The van der Waals surface area contributed by atoms with Gasteiger partial charge >= 0.3 is 0 Å². The first-order chi connectivity index (χ1) is 9.81. The minimum atomic E-state index is -0.00547. The van der Waals surface area contributed by atoms with E-state index in [1.165, 1.54) is 5.56 Å². The monoisotopic (exact) mass is 270 g/mol. The quantitative estimate of drug-likeness (QED) is 0.918. The number of nitrogen functional groups attached to an aromatic ring is 1. The van der Waals surface area contributed by atoms with Crippen LogP contribution in [0.2, 0.25) is 0 Å². The molecule has 3 heterocycles. The molecule has 0 saturated carbocycles. The third-order valence-corrected chi connectivity index (χ3v) is 3.43. The highest BCUT2D eigenvalue weighted by Gasteiger charge is 2.23. The second-order valence-corrected chi connectivity index (χ2v) is 4.94. The summed E-state index contributed by atoms with van der Waals surface area (Å²) in [6, 6.07) is 9.77. The molecule has 0 radical (unpaired) electrons. The summed E-state index contributed by atoms with van der Waals surface area (Å²) in [4.78, 5) is 10.8. The summed E-state index contributed by atoms with van der Waals surface area (Å²) in [6.45, 7) is 3.39. The number of ether oxygens (including phenoxy) is 1. The van der Waals surface area contributed by atoms with Crippen LogP contribution in [-0.2, 0) is 11.3 Å². The lowest BCUT2D eigenvalue weighted by molar-refractivity contribution is -0.0349. The van der Waals surface area contributed by atoms with Crippen LogP contribution in [0.25, 0.3) is 0 Å². The molecule has 0 spiro atoms. The number of nitrogens with two attached hydrogens (primary N) is 1. The van der Waals surface area contributed by atoms with Gasteiger partial charge in [0, 0.05) is 32.0 Å². The van der Waals surface area contributed by atoms with E-state index in [1.54, 1.807) is 6.07 Å². The molecule has 1 saturated heterocycles. The minimum Gasteiger partial charge on any atom is -0.384 e. The predicted octanol–water partition coefficient (Wildman–Crippen LogP) is 1.63. The summed E-state index contributed by atoms with van der Waals surface area (Å²) in [6.07, 6.45) is 3.65. The van der Waals surface area contributed by atoms with E-state index in [9.17, 15) is 0 Å². The van der Waals surface area contributed by atoms with Crippen LogP contribution in [0.3, 0.4) is 0 Å². The SMILES string of the molecule is Nc1cccc([C@@H]2CN(Cc3ccncc3)CCO2)n1. The largest absolute Gasteiger partial charge is 0.384 e. The van der Waals surface area contributed by atoms with Crippen molar-refractivity contribution in [1.29, 1.82) is 0 Å². The first-order valence-corrected chi connectivity index (χ1v) is 6.76. The number of morpholine rings is 1. The smallest absolute Gasteiger partial charge is 0.123 e. The molecule has 2 aromatic rings. The molecule has 1 aliphatic rings. The molecule has 2 N–H and O–H groups in total. The summed E-state index contributed by atoms with van der Waals surface area (Å²) in [5.41, 5.74) is 7.91. The van der Waals surface area contributed by atoms with E-state index in [0.29, 0.717) is 12.4 Å². The fourth-order valence-electron chi connectivity index (χ4n) is 2.42. The van der Waals surface area contributed by atoms with Gasteiger partial charge in [0.1, 0.15) is 11.9 Å². The van der Waals surface area contributed by atoms with E-state index >= 15 is 0 Å². The Morgan fingerprint density at radius 3 is 2.90 bits per heavy atom. The molecule has 0 aromatic carbocycles. The van der Waals surface area contributed by atoms with Gasteiger partial charge in [0.15, 0.2) is 0 Å². The van der Waals surface area contributed by atoms with E-state index in [4.69, 9.17) is 10.5 Å². The molecule has 5 nitrogen and oxygen atoms in total. The van der Waals surface area contributed by atoms with Crippen molar-refractivity contribution in [3.63, 3.8) is 0 Å². The fourth-order valence-corrected chi connectivity index (χ4v) is 2.42. The Morgan fingerprint density at radius 2 is 2.10 bits per heavy atom. The average molecular weight is 270 g/mol. The van der Waals surface area contributed by atoms with Crippen molar-refractivity contribution in [1.82, 2.24) is 14.9 Å². The van der Waals surface area contributed by atoms with Gasteiger partial charge in [-0.2, -0.15) is 0 Å². The van der Waals surface area contributed by atoms with Crippen LogP contribution in [0, 0.1) is 0 Å². The van der Waals surface area contributed by atoms with E-state index in [1.807, 2.05) is 36.7 Å². The maximum Gasteiger partial charge on any atom is 0.123 e. The lowest BCUT2D eigenvalue weighted by Gasteiger charge is -2.32. The molecule has 0 aliphatic carbocycles. The molecule has 20 heavy (non-hydrogen) atoms. The van der Waals surface area contributed by atoms with Gasteiger partial charge in [0.2, 0.25) is 0 Å². The Kier molecular flexibility index (Phi) is 3.90. The maximum absolute atomic E-state index is 5.81. The first kappa shape index (κ1) is 13.0. The molecular formula is C15H18N4O. The van der Waals surface area contributed by atoms with Gasteiger partial charge in [0.05, 0.1) is 12.3 Å². The Balaban J connectivity index is 1.67. The van der Waals surface area contributed by atoms with Crippen molar-refractivity contribution in [2.24, 2.45) is 0 Å². The highest BCUT2D eigenvalue weighted by Crippen LogP contribution is 2.22. The fraction of sp³-hybridized carbons (Fsp3) is 0.333. The number of hydrogen-bond acceptors (Lipinski definition) is 5. The second kappa shape index (κ2) is 5.98. The van der Waals surface area contributed by atoms with Crippen LogP contribution in [-0.4, -0.2) is 34.6 Å². The van der Waals surface area contributed by atoms with Gasteiger partial charge in [-0.3, -0.25) is 9.88 Å². The summed E-state index contributed by atoms with van der Waals surface area (Å²) in [5.74, 6) is 0.539. The second-order valence-electron chi connectivity index (χ2n) is 4.94. The molecule has 0 unspecified atom stereocenters. The molecular weight excluding hydrogens is 252 g/mol. The molecule has 5 heteroatoms. The average Bonchev–Trinajstić information content (AvgIpc) is 2.49. The Bertz CT molecular complexity index is 561. The molecule has 104 valence electrons. The molecule has 1 atom stereocenters. The van der Waals surface area contributed by atoms with Crippen LogP contribution in [0.5, 0.6) is 0 Å². The van der Waals surface area contributed by atoms with Crippen LogP contribution >= 0.6 is 0 Å². The van der Waals surface area contributed by atoms with E-state index in [0.717, 1.165) is 25.3 Å². The lowest BCUT2D eigenvalue weighted by Crippen LogP contribution is -2.38. The summed E-state index contributed by atoms with van der Waals surface area (Å²) in [7, 11) is 0. The van der Waals surface area contributed by atoms with Gasteiger partial charge in [-0.25, -0.2) is 4.98 Å². The van der Waals surface area contributed by atoms with Crippen molar-refractivity contribution in [3.05, 3.63) is 54.0 Å². The summed E-state index contributed by atoms with van der Waals surface area (Å²) in [5, 5.41) is 0. The van der Waals surface area contributed by atoms with Crippen LogP contribution in [0.4, 0.5) is 5.82 Å². The summed E-state index contributed by atoms with van der Waals surface area (Å²) >= 11 is 0. The van der Waals surface area contributed by atoms with Crippen molar-refractivity contribution in [2.45, 2.75) is 12.6 Å². The zero-order valence-electron chi connectivity index (χ0n) is 11.3. The van der Waals surface area contributed by atoms with E-state index in [-0.39, 0.29) is 6.10 Å². The number of hydrogen-bond donors (Lipinski definition) is 1. The highest BCUT2D eigenvalue weighted by molar-refractivity contribution is 5.29. The van der Waals surface area contributed by atoms with Gasteiger partial charge in [0.25, 0.3) is 0 Å². The van der Waals surface area contributed by atoms with E-state index < -0.39 is 0 Å². The van der Waals surface area contributed by atoms with Crippen molar-refractivity contribution >= 4 is 5.82 Å². The van der Waals surface area contributed by atoms with E-state index in [2.05, 4.69) is 14.9 Å². The Labute approximate surface area is 118 Å².